The van der Waals surface area contributed by atoms with Crippen LogP contribution in [-0.2, 0) is 4.74 Å². The minimum Gasteiger partial charge on any atom is -0.378 e. The van der Waals surface area contributed by atoms with Crippen molar-refractivity contribution >= 4 is 11.6 Å². The van der Waals surface area contributed by atoms with Crippen molar-refractivity contribution in [3.05, 3.63) is 39.4 Å². The van der Waals surface area contributed by atoms with E-state index in [4.69, 9.17) is 4.74 Å². The Balaban J connectivity index is 1.95. The molecule has 1 aliphatic rings. The number of nitrogens with zero attached hydrogens (tertiary/aromatic N) is 1. The minimum absolute atomic E-state index is 0.0308. The fourth-order valence-corrected chi connectivity index (χ4v) is 2.38. The quantitative estimate of drug-likeness (QED) is 0.661. The van der Waals surface area contributed by atoms with Crippen molar-refractivity contribution in [2.75, 3.05) is 13.2 Å². The number of hydrogen-bond donors (Lipinski definition) is 1. The third-order valence-corrected chi connectivity index (χ3v) is 3.52. The second kappa shape index (κ2) is 6.47. The summed E-state index contributed by atoms with van der Waals surface area (Å²) in [6.45, 7) is 2.90. The van der Waals surface area contributed by atoms with Crippen LogP contribution in [0.1, 0.15) is 35.2 Å². The summed E-state index contributed by atoms with van der Waals surface area (Å²) >= 11 is 0. The van der Waals surface area contributed by atoms with Crippen LogP contribution in [0.4, 0.5) is 5.69 Å². The lowest BCUT2D eigenvalue weighted by Crippen LogP contribution is -2.27. The molecule has 0 aromatic heterocycles. The van der Waals surface area contributed by atoms with Crippen LogP contribution in [-0.4, -0.2) is 30.1 Å². The van der Waals surface area contributed by atoms with Crippen molar-refractivity contribution in [3.63, 3.8) is 0 Å². The molecule has 1 amide bonds. The summed E-state index contributed by atoms with van der Waals surface area (Å²) < 4.78 is 5.47. The molecule has 6 heteroatoms. The third-order valence-electron chi connectivity index (χ3n) is 3.52. The highest BCUT2D eigenvalue weighted by molar-refractivity contribution is 5.96. The Bertz CT molecular complexity index is 510. The highest BCUT2D eigenvalue weighted by atomic mass is 16.6. The number of ether oxygens (including phenoxy) is 1. The number of nitro groups is 1. The summed E-state index contributed by atoms with van der Waals surface area (Å²) in [5, 5.41) is 13.6. The zero-order valence-corrected chi connectivity index (χ0v) is 11.4. The molecule has 1 heterocycles. The molecule has 0 aliphatic carbocycles. The van der Waals surface area contributed by atoms with Crippen molar-refractivity contribution in [1.82, 2.24) is 5.32 Å². The van der Waals surface area contributed by atoms with E-state index in [1.54, 1.807) is 13.0 Å². The van der Waals surface area contributed by atoms with E-state index in [0.717, 1.165) is 25.9 Å². The summed E-state index contributed by atoms with van der Waals surface area (Å²) in [5.74, 6) is -0.274. The molecule has 1 N–H and O–H groups in total. The van der Waals surface area contributed by atoms with E-state index in [-0.39, 0.29) is 17.7 Å². The molecule has 1 atom stereocenters. The fourth-order valence-electron chi connectivity index (χ4n) is 2.38. The second-order valence-corrected chi connectivity index (χ2v) is 4.89. The topological polar surface area (TPSA) is 81.5 Å². The molecule has 0 spiro atoms. The van der Waals surface area contributed by atoms with E-state index >= 15 is 0 Å². The second-order valence-electron chi connectivity index (χ2n) is 4.89. The van der Waals surface area contributed by atoms with Crippen molar-refractivity contribution in [2.45, 2.75) is 32.3 Å². The van der Waals surface area contributed by atoms with Crippen molar-refractivity contribution < 1.29 is 14.5 Å². The normalized spacial score (nSPS) is 17.9. The van der Waals surface area contributed by atoms with Gasteiger partial charge in [0.2, 0.25) is 0 Å². The summed E-state index contributed by atoms with van der Waals surface area (Å²) in [5.41, 5.74) is 0.718. The summed E-state index contributed by atoms with van der Waals surface area (Å²) in [7, 11) is 0. The molecular formula is C14H18N2O4. The maximum atomic E-state index is 12.0. The Kier molecular flexibility index (Phi) is 4.68. The number of carbonyl (C=O) groups excluding carboxylic acids is 1. The molecule has 6 nitrogen and oxygen atoms in total. The largest absolute Gasteiger partial charge is 0.378 e. The number of nitro benzene ring substituents is 1. The lowest BCUT2D eigenvalue weighted by molar-refractivity contribution is -0.385. The average Bonchev–Trinajstić information content (AvgIpc) is 2.91. The van der Waals surface area contributed by atoms with Crippen LogP contribution in [0.2, 0.25) is 0 Å². The summed E-state index contributed by atoms with van der Waals surface area (Å²) in [6, 6.07) is 4.53. The van der Waals surface area contributed by atoms with E-state index in [9.17, 15) is 14.9 Å². The number of hydrogen-bond acceptors (Lipinski definition) is 4. The molecule has 1 saturated heterocycles. The monoisotopic (exact) mass is 278 g/mol. The van der Waals surface area contributed by atoms with Gasteiger partial charge in [-0.2, -0.15) is 0 Å². The van der Waals surface area contributed by atoms with Gasteiger partial charge in [-0.1, -0.05) is 6.07 Å². The van der Waals surface area contributed by atoms with Gasteiger partial charge in [-0.25, -0.2) is 0 Å². The number of benzene rings is 1. The lowest BCUT2D eigenvalue weighted by Gasteiger charge is -2.11. The van der Waals surface area contributed by atoms with E-state index < -0.39 is 4.92 Å². The smallest absolute Gasteiger partial charge is 0.273 e. The van der Waals surface area contributed by atoms with E-state index in [1.807, 2.05) is 0 Å². The number of rotatable bonds is 5. The molecule has 1 unspecified atom stereocenters. The van der Waals surface area contributed by atoms with Gasteiger partial charge in [0.15, 0.2) is 0 Å². The van der Waals surface area contributed by atoms with Crippen LogP contribution in [0.15, 0.2) is 18.2 Å². The SMILES string of the molecule is Cc1c(C(=O)NCCC2CCCO2)cccc1[N+](=O)[O-]. The summed E-state index contributed by atoms with van der Waals surface area (Å²) in [6.07, 6.45) is 3.11. The number of nitrogens with one attached hydrogen (secondary N) is 1. The van der Waals surface area contributed by atoms with Crippen LogP contribution in [0.3, 0.4) is 0 Å². The maximum absolute atomic E-state index is 12.0. The molecule has 1 aliphatic heterocycles. The molecule has 1 aromatic carbocycles. The Labute approximate surface area is 117 Å². The van der Waals surface area contributed by atoms with E-state index in [2.05, 4.69) is 5.32 Å². The zero-order valence-electron chi connectivity index (χ0n) is 11.4. The molecule has 1 aromatic rings. The van der Waals surface area contributed by atoms with Gasteiger partial charge in [0.25, 0.3) is 11.6 Å². The Morgan fingerprint density at radius 1 is 1.55 bits per heavy atom. The third kappa shape index (κ3) is 3.33. The van der Waals surface area contributed by atoms with Crippen LogP contribution in [0, 0.1) is 17.0 Å². The van der Waals surface area contributed by atoms with Gasteiger partial charge in [0, 0.05) is 30.3 Å². The van der Waals surface area contributed by atoms with Crippen LogP contribution in [0.5, 0.6) is 0 Å². The first-order valence-corrected chi connectivity index (χ1v) is 6.73. The zero-order chi connectivity index (χ0) is 14.5. The average molecular weight is 278 g/mol. The Hall–Kier alpha value is -1.95. The number of amides is 1. The van der Waals surface area contributed by atoms with Crippen LogP contribution < -0.4 is 5.32 Å². The van der Waals surface area contributed by atoms with Gasteiger partial charge in [0.1, 0.15) is 0 Å². The standard InChI is InChI=1S/C14H18N2O4/c1-10-12(5-2-6-13(10)16(18)19)14(17)15-8-7-11-4-3-9-20-11/h2,5-6,11H,3-4,7-9H2,1H3,(H,15,17). The first-order valence-electron chi connectivity index (χ1n) is 6.73. The first kappa shape index (κ1) is 14.5. The van der Waals surface area contributed by atoms with Crippen LogP contribution >= 0.6 is 0 Å². The highest BCUT2D eigenvalue weighted by Gasteiger charge is 2.19. The molecule has 20 heavy (non-hydrogen) atoms. The predicted octanol–water partition coefficient (Wildman–Crippen LogP) is 2.20. The molecule has 0 saturated carbocycles. The van der Waals surface area contributed by atoms with E-state index in [1.165, 1.54) is 12.1 Å². The summed E-state index contributed by atoms with van der Waals surface area (Å²) in [4.78, 5) is 22.4. The van der Waals surface area contributed by atoms with Gasteiger partial charge in [-0.15, -0.1) is 0 Å². The highest BCUT2D eigenvalue weighted by Crippen LogP contribution is 2.21. The van der Waals surface area contributed by atoms with Gasteiger partial charge in [0.05, 0.1) is 11.0 Å². The number of carbonyl (C=O) groups is 1. The molecular weight excluding hydrogens is 260 g/mol. The van der Waals surface area contributed by atoms with Gasteiger partial charge < -0.3 is 10.1 Å². The van der Waals surface area contributed by atoms with Crippen molar-refractivity contribution in [1.29, 1.82) is 0 Å². The maximum Gasteiger partial charge on any atom is 0.273 e. The fraction of sp³-hybridized carbons (Fsp3) is 0.500. The minimum atomic E-state index is -0.474. The van der Waals surface area contributed by atoms with Gasteiger partial charge in [-0.05, 0) is 32.3 Å². The van der Waals surface area contributed by atoms with Gasteiger partial charge >= 0.3 is 0 Å². The molecule has 0 radical (unpaired) electrons. The van der Waals surface area contributed by atoms with Gasteiger partial charge in [-0.3, -0.25) is 14.9 Å². The van der Waals surface area contributed by atoms with Crippen molar-refractivity contribution in [2.24, 2.45) is 0 Å². The molecule has 1 fully saturated rings. The Morgan fingerprint density at radius 2 is 2.35 bits per heavy atom. The predicted molar refractivity (Wildman–Crippen MR) is 73.8 cm³/mol. The first-order chi connectivity index (χ1) is 9.59. The molecule has 0 bridgehead atoms. The van der Waals surface area contributed by atoms with Crippen molar-refractivity contribution in [3.8, 4) is 0 Å². The van der Waals surface area contributed by atoms with E-state index in [0.29, 0.717) is 17.7 Å². The lowest BCUT2D eigenvalue weighted by atomic mass is 10.1. The molecule has 108 valence electrons. The molecule has 2 rings (SSSR count). The van der Waals surface area contributed by atoms with Crippen LogP contribution in [0.25, 0.3) is 0 Å². The Morgan fingerprint density at radius 3 is 3.00 bits per heavy atom.